The van der Waals surface area contributed by atoms with Crippen molar-refractivity contribution < 1.29 is 9.53 Å². The van der Waals surface area contributed by atoms with Crippen LogP contribution in [0.25, 0.3) is 0 Å². The van der Waals surface area contributed by atoms with E-state index in [4.69, 9.17) is 16.3 Å². The molecule has 1 amide bonds. The highest BCUT2D eigenvalue weighted by Gasteiger charge is 2.16. The first-order valence-electron chi connectivity index (χ1n) is 7.76. The van der Waals surface area contributed by atoms with E-state index in [0.717, 1.165) is 19.4 Å². The van der Waals surface area contributed by atoms with Crippen molar-refractivity contribution >= 4 is 17.5 Å². The molecule has 0 aromatic heterocycles. The average molecular weight is 312 g/mol. The summed E-state index contributed by atoms with van der Waals surface area (Å²) in [5.41, 5.74) is 0. The third kappa shape index (κ3) is 6.85. The molecule has 0 aliphatic rings. The first-order chi connectivity index (χ1) is 10.1. The van der Waals surface area contributed by atoms with Gasteiger partial charge in [-0.3, -0.25) is 4.79 Å². The molecule has 2 atom stereocenters. The molecule has 3 nitrogen and oxygen atoms in total. The van der Waals surface area contributed by atoms with Gasteiger partial charge in [0.2, 0.25) is 0 Å². The molecule has 21 heavy (non-hydrogen) atoms. The molecular formula is C17H26ClNO2. The Morgan fingerprint density at radius 3 is 2.76 bits per heavy atom. The molecule has 1 rings (SSSR count). The average Bonchev–Trinajstić information content (AvgIpc) is 2.47. The molecule has 1 N–H and O–H groups in total. The number of ether oxygens (including phenoxy) is 1. The molecule has 1 aromatic rings. The molecule has 0 heterocycles. The Bertz CT molecular complexity index is 437. The van der Waals surface area contributed by atoms with E-state index in [0.29, 0.717) is 16.7 Å². The second-order valence-electron chi connectivity index (χ2n) is 5.38. The van der Waals surface area contributed by atoms with E-state index in [1.807, 2.05) is 0 Å². The summed E-state index contributed by atoms with van der Waals surface area (Å²) in [7, 11) is 0. The van der Waals surface area contributed by atoms with E-state index in [-0.39, 0.29) is 5.91 Å². The van der Waals surface area contributed by atoms with Crippen molar-refractivity contribution in [1.29, 1.82) is 0 Å². The van der Waals surface area contributed by atoms with Crippen molar-refractivity contribution in [2.45, 2.75) is 52.6 Å². The van der Waals surface area contributed by atoms with Crippen LogP contribution in [0.1, 0.15) is 46.5 Å². The molecule has 0 aliphatic heterocycles. The van der Waals surface area contributed by atoms with Crippen molar-refractivity contribution in [2.75, 3.05) is 6.54 Å². The number of carbonyl (C=O) groups excluding carboxylic acids is 1. The highest BCUT2D eigenvalue weighted by atomic mass is 35.5. The third-order valence-corrected chi connectivity index (χ3v) is 3.82. The standard InChI is InChI=1S/C17H26ClNO2/c1-4-6-8-14(5-2)12-19-17(20)13(3)21-16-10-7-9-15(18)11-16/h7,9-11,13-14H,4-6,8,12H2,1-3H3,(H,19,20)/t13-,14+/m0/s1. The molecule has 118 valence electrons. The van der Waals surface area contributed by atoms with Crippen molar-refractivity contribution in [1.82, 2.24) is 5.32 Å². The second-order valence-corrected chi connectivity index (χ2v) is 5.82. The van der Waals surface area contributed by atoms with Crippen LogP contribution in [0.15, 0.2) is 24.3 Å². The van der Waals surface area contributed by atoms with Crippen LogP contribution in [0, 0.1) is 5.92 Å². The highest BCUT2D eigenvalue weighted by molar-refractivity contribution is 6.30. The fraction of sp³-hybridized carbons (Fsp3) is 0.588. The van der Waals surface area contributed by atoms with Crippen LogP contribution in [-0.4, -0.2) is 18.6 Å². The summed E-state index contributed by atoms with van der Waals surface area (Å²) in [6.45, 7) is 6.83. The van der Waals surface area contributed by atoms with Crippen LogP contribution >= 0.6 is 11.6 Å². The van der Waals surface area contributed by atoms with Gasteiger partial charge in [-0.25, -0.2) is 0 Å². The van der Waals surface area contributed by atoms with Gasteiger partial charge in [-0.15, -0.1) is 0 Å². The Morgan fingerprint density at radius 2 is 2.14 bits per heavy atom. The predicted molar refractivity (Wildman–Crippen MR) is 87.9 cm³/mol. The van der Waals surface area contributed by atoms with Gasteiger partial charge in [0, 0.05) is 11.6 Å². The number of hydrogen-bond acceptors (Lipinski definition) is 2. The minimum atomic E-state index is -0.521. The molecule has 4 heteroatoms. The van der Waals surface area contributed by atoms with Gasteiger partial charge in [0.05, 0.1) is 0 Å². The van der Waals surface area contributed by atoms with E-state index in [9.17, 15) is 4.79 Å². The summed E-state index contributed by atoms with van der Waals surface area (Å²) in [4.78, 5) is 12.1. The molecule has 0 spiro atoms. The summed E-state index contributed by atoms with van der Waals surface area (Å²) >= 11 is 5.90. The van der Waals surface area contributed by atoms with E-state index >= 15 is 0 Å². The van der Waals surface area contributed by atoms with Crippen LogP contribution in [0.2, 0.25) is 5.02 Å². The lowest BCUT2D eigenvalue weighted by molar-refractivity contribution is -0.127. The van der Waals surface area contributed by atoms with Gasteiger partial charge in [0.15, 0.2) is 6.10 Å². The van der Waals surface area contributed by atoms with Crippen molar-refractivity contribution in [3.05, 3.63) is 29.3 Å². The molecule has 0 aliphatic carbocycles. The van der Waals surface area contributed by atoms with E-state index in [1.165, 1.54) is 12.8 Å². The second kappa shape index (κ2) is 9.67. The van der Waals surface area contributed by atoms with Gasteiger partial charge in [-0.05, 0) is 37.5 Å². The summed E-state index contributed by atoms with van der Waals surface area (Å²) in [6.07, 6.45) is 4.13. The zero-order valence-electron chi connectivity index (χ0n) is 13.2. The highest BCUT2D eigenvalue weighted by Crippen LogP contribution is 2.18. The number of amides is 1. The molecule has 0 fully saturated rings. The summed E-state index contributed by atoms with van der Waals surface area (Å²) in [5, 5.41) is 3.58. The quantitative estimate of drug-likeness (QED) is 0.732. The SMILES string of the molecule is CCCC[C@@H](CC)CNC(=O)[C@H](C)Oc1cccc(Cl)c1. The fourth-order valence-electron chi connectivity index (χ4n) is 2.13. The van der Waals surface area contributed by atoms with E-state index in [2.05, 4.69) is 19.2 Å². The first kappa shape index (κ1) is 17.8. The zero-order chi connectivity index (χ0) is 15.7. The molecule has 0 bridgehead atoms. The molecule has 0 saturated heterocycles. The molecular weight excluding hydrogens is 286 g/mol. The molecule has 0 unspecified atom stereocenters. The molecule has 0 radical (unpaired) electrons. The van der Waals surface area contributed by atoms with Gasteiger partial charge in [0.1, 0.15) is 5.75 Å². The Labute approximate surface area is 133 Å². The Balaban J connectivity index is 2.40. The lowest BCUT2D eigenvalue weighted by Crippen LogP contribution is -2.38. The van der Waals surface area contributed by atoms with Crippen molar-refractivity contribution in [3.63, 3.8) is 0 Å². The first-order valence-corrected chi connectivity index (χ1v) is 8.14. The van der Waals surface area contributed by atoms with Gasteiger partial charge >= 0.3 is 0 Å². The van der Waals surface area contributed by atoms with Gasteiger partial charge in [-0.2, -0.15) is 0 Å². The maximum Gasteiger partial charge on any atom is 0.260 e. The Morgan fingerprint density at radius 1 is 1.38 bits per heavy atom. The van der Waals surface area contributed by atoms with Crippen LogP contribution in [0.5, 0.6) is 5.75 Å². The van der Waals surface area contributed by atoms with Crippen LogP contribution in [0.3, 0.4) is 0 Å². The van der Waals surface area contributed by atoms with Gasteiger partial charge in [-0.1, -0.05) is 50.8 Å². The van der Waals surface area contributed by atoms with Crippen LogP contribution < -0.4 is 10.1 Å². The molecule has 1 aromatic carbocycles. The number of hydrogen-bond donors (Lipinski definition) is 1. The molecule has 0 saturated carbocycles. The number of unbranched alkanes of at least 4 members (excludes halogenated alkanes) is 1. The van der Waals surface area contributed by atoms with Gasteiger partial charge < -0.3 is 10.1 Å². The van der Waals surface area contributed by atoms with Crippen molar-refractivity contribution in [3.8, 4) is 5.75 Å². The number of carbonyl (C=O) groups is 1. The van der Waals surface area contributed by atoms with Crippen molar-refractivity contribution in [2.24, 2.45) is 5.92 Å². The number of halogens is 1. The van der Waals surface area contributed by atoms with Crippen LogP contribution in [0.4, 0.5) is 0 Å². The number of nitrogens with one attached hydrogen (secondary N) is 1. The number of benzene rings is 1. The smallest absolute Gasteiger partial charge is 0.260 e. The summed E-state index contributed by atoms with van der Waals surface area (Å²) in [6, 6.07) is 7.09. The van der Waals surface area contributed by atoms with Gasteiger partial charge in [0.25, 0.3) is 5.91 Å². The maximum absolute atomic E-state index is 12.1. The Hall–Kier alpha value is -1.22. The lowest BCUT2D eigenvalue weighted by atomic mass is 9.99. The minimum absolute atomic E-state index is 0.0788. The lowest BCUT2D eigenvalue weighted by Gasteiger charge is -2.18. The van der Waals surface area contributed by atoms with E-state index in [1.54, 1.807) is 31.2 Å². The zero-order valence-corrected chi connectivity index (χ0v) is 14.0. The third-order valence-electron chi connectivity index (χ3n) is 3.59. The fourth-order valence-corrected chi connectivity index (χ4v) is 2.31. The minimum Gasteiger partial charge on any atom is -0.481 e. The summed E-state index contributed by atoms with van der Waals surface area (Å²) in [5.74, 6) is 1.08. The predicted octanol–water partition coefficient (Wildman–Crippen LogP) is 4.44. The normalized spacial score (nSPS) is 13.5. The Kier molecular flexibility index (Phi) is 8.21. The van der Waals surface area contributed by atoms with E-state index < -0.39 is 6.10 Å². The topological polar surface area (TPSA) is 38.3 Å². The summed E-state index contributed by atoms with van der Waals surface area (Å²) < 4.78 is 5.61. The number of rotatable bonds is 9. The maximum atomic E-state index is 12.1. The van der Waals surface area contributed by atoms with Crippen LogP contribution in [-0.2, 0) is 4.79 Å². The monoisotopic (exact) mass is 311 g/mol. The largest absolute Gasteiger partial charge is 0.481 e.